The Morgan fingerprint density at radius 1 is 0.830 bits per heavy atom. The molecule has 53 heavy (non-hydrogen) atoms. The number of ether oxygens (including phenoxy) is 2. The lowest BCUT2D eigenvalue weighted by atomic mass is 10.1. The maximum absolute atomic E-state index is 12.3. The summed E-state index contributed by atoms with van der Waals surface area (Å²) in [4.78, 5) is 49.1. The number of carboxylic acids is 3. The number of hydrogen-bond acceptors (Lipinski definition) is 8. The molecule has 0 saturated carbocycles. The number of thiophene rings is 1. The van der Waals surface area contributed by atoms with Crippen molar-refractivity contribution in [3.8, 4) is 11.5 Å². The molecule has 4 rings (SSSR count). The van der Waals surface area contributed by atoms with Gasteiger partial charge in [-0.25, -0.2) is 23.2 Å². The molecule has 0 bridgehead atoms. The monoisotopic (exact) mass is 772 g/mol. The first-order chi connectivity index (χ1) is 24.9. The van der Waals surface area contributed by atoms with Gasteiger partial charge < -0.3 is 30.1 Å². The number of rotatable bonds is 12. The average Bonchev–Trinajstić information content (AvgIpc) is 3.68. The molecule has 0 radical (unpaired) electrons. The number of anilines is 1. The number of halogens is 7. The molecule has 0 aliphatic heterocycles. The highest BCUT2D eigenvalue weighted by atomic mass is 32.1. The van der Waals surface area contributed by atoms with Crippen LogP contribution in [0.3, 0.4) is 0 Å². The van der Waals surface area contributed by atoms with Gasteiger partial charge in [-0.2, -0.15) is 22.0 Å². The maximum Gasteiger partial charge on any atom is 0.367 e. The van der Waals surface area contributed by atoms with Crippen LogP contribution in [-0.2, 0) is 4.79 Å². The zero-order valence-electron chi connectivity index (χ0n) is 27.2. The molecule has 19 heteroatoms. The summed E-state index contributed by atoms with van der Waals surface area (Å²) in [7, 11) is 2.99. The van der Waals surface area contributed by atoms with E-state index in [9.17, 15) is 49.9 Å². The molecule has 11 nitrogen and oxygen atoms in total. The number of nitrogens with one attached hydrogen (secondary N) is 1. The van der Waals surface area contributed by atoms with Crippen molar-refractivity contribution in [2.75, 3.05) is 26.2 Å². The summed E-state index contributed by atoms with van der Waals surface area (Å²) in [6.07, 6.45) is 1.76. The predicted octanol–water partition coefficient (Wildman–Crippen LogP) is 8.31. The van der Waals surface area contributed by atoms with Crippen molar-refractivity contribution in [1.29, 1.82) is 0 Å². The molecular formula is C34H27F7N2O9S. The fraction of sp³-hybridized carbons (Fsp3) is 0.147. The average molecular weight is 773 g/mol. The second-order valence-corrected chi connectivity index (χ2v) is 10.8. The standard InChI is InChI=1S/C16H15NO5.C12H9NO2S.C6H3F7O2/c1-21-10-7-8-13(14(9-10)22-2)17-15(18)11-5-3-4-6-12(11)16(19)20;14-12(15)9-3-5-10(6-4-9)13-8-11-2-1-7-16-11;7-1-5(10,11)6(12,13)3(9)2(8)4(14)15/h3-9H,1-2H3,(H,17,18)(H,19,20);1-8H,(H,14,15);1H2,(H,14,15)/b;13-8+;3-2+. The number of methoxy groups -OCH3 is 2. The number of carbonyl (C=O) groups excluding carboxylic acids is 1. The van der Waals surface area contributed by atoms with Gasteiger partial charge in [0, 0.05) is 17.2 Å². The van der Waals surface area contributed by atoms with Crippen LogP contribution < -0.4 is 14.8 Å². The van der Waals surface area contributed by atoms with E-state index in [-0.39, 0.29) is 16.7 Å². The summed E-state index contributed by atoms with van der Waals surface area (Å²) in [6.45, 7) is -2.96. The Bertz CT molecular complexity index is 1950. The first-order valence-corrected chi connectivity index (χ1v) is 15.1. The minimum Gasteiger partial charge on any atom is -0.497 e. The van der Waals surface area contributed by atoms with Crippen LogP contribution in [-0.4, -0.2) is 78.1 Å². The maximum atomic E-state index is 12.3. The van der Waals surface area contributed by atoms with Crippen LogP contribution in [0.25, 0.3) is 0 Å². The van der Waals surface area contributed by atoms with Crippen molar-refractivity contribution < 1.29 is 74.7 Å². The third-order valence-corrected chi connectivity index (χ3v) is 7.15. The molecule has 0 atom stereocenters. The highest BCUT2D eigenvalue weighted by molar-refractivity contribution is 7.11. The molecule has 0 spiro atoms. The van der Waals surface area contributed by atoms with Crippen molar-refractivity contribution >= 4 is 52.7 Å². The molecule has 4 aromatic rings. The highest BCUT2D eigenvalue weighted by Crippen LogP contribution is 2.42. The number of aromatic carboxylic acids is 2. The fourth-order valence-electron chi connectivity index (χ4n) is 3.63. The number of alkyl halides is 5. The molecule has 4 N–H and O–H groups in total. The first kappa shape index (κ1) is 42.9. The van der Waals surface area contributed by atoms with Crippen molar-refractivity contribution in [3.05, 3.63) is 117 Å². The number of aliphatic imine (C=N–C) groups is 1. The van der Waals surface area contributed by atoms with Crippen molar-refractivity contribution in [1.82, 2.24) is 0 Å². The lowest BCUT2D eigenvalue weighted by Gasteiger charge is -2.22. The van der Waals surface area contributed by atoms with Gasteiger partial charge in [0.05, 0.1) is 42.3 Å². The van der Waals surface area contributed by atoms with Gasteiger partial charge in [0.2, 0.25) is 11.7 Å². The Morgan fingerprint density at radius 2 is 1.45 bits per heavy atom. The van der Waals surface area contributed by atoms with Gasteiger partial charge in [-0.3, -0.25) is 9.79 Å². The van der Waals surface area contributed by atoms with Crippen LogP contribution >= 0.6 is 11.3 Å². The van der Waals surface area contributed by atoms with E-state index in [1.165, 1.54) is 26.4 Å². The summed E-state index contributed by atoms with van der Waals surface area (Å²) >= 11 is 1.61. The van der Waals surface area contributed by atoms with E-state index in [2.05, 4.69) is 10.3 Å². The molecule has 3 aromatic carbocycles. The van der Waals surface area contributed by atoms with Crippen LogP contribution in [0.5, 0.6) is 11.5 Å². The van der Waals surface area contributed by atoms with Gasteiger partial charge in [0.15, 0.2) is 6.67 Å². The molecule has 0 saturated heterocycles. The summed E-state index contributed by atoms with van der Waals surface area (Å²) in [5, 5.41) is 30.2. The number of aliphatic carboxylic acids is 1. The number of amides is 1. The van der Waals surface area contributed by atoms with Gasteiger partial charge in [0.25, 0.3) is 5.91 Å². The molecule has 0 aliphatic carbocycles. The SMILES string of the molecule is COc1ccc(NC(=O)c2ccccc2C(=O)O)c(OC)c1.O=C(O)/C(F)=C(\F)C(F)(F)C(F)(F)CF.O=C(O)c1ccc(/N=C/c2cccs2)cc1. The molecular weight excluding hydrogens is 745 g/mol. The van der Waals surface area contributed by atoms with Gasteiger partial charge in [-0.15, -0.1) is 11.3 Å². The summed E-state index contributed by atoms with van der Waals surface area (Å²) in [5.41, 5.74) is 1.46. The first-order valence-electron chi connectivity index (χ1n) is 14.3. The van der Waals surface area contributed by atoms with Gasteiger partial charge in [0.1, 0.15) is 11.5 Å². The Labute approximate surface area is 299 Å². The van der Waals surface area contributed by atoms with Crippen molar-refractivity contribution in [3.63, 3.8) is 0 Å². The summed E-state index contributed by atoms with van der Waals surface area (Å²) in [6, 6.07) is 21.3. The zero-order valence-corrected chi connectivity index (χ0v) is 28.0. The largest absolute Gasteiger partial charge is 0.497 e. The number of carboxylic acid groups (broad SMARTS) is 3. The van der Waals surface area contributed by atoms with E-state index < -0.39 is 54.0 Å². The molecule has 0 unspecified atom stereocenters. The van der Waals surface area contributed by atoms with Crippen molar-refractivity contribution in [2.45, 2.75) is 11.8 Å². The van der Waals surface area contributed by atoms with E-state index in [0.717, 1.165) is 10.6 Å². The Hall–Kier alpha value is -6.24. The number of nitrogens with zero attached hydrogens (tertiary/aromatic N) is 1. The van der Waals surface area contributed by atoms with Gasteiger partial charge in [-0.05, 0) is 60.0 Å². The second-order valence-electron chi connectivity index (χ2n) is 9.84. The molecule has 0 fully saturated rings. The lowest BCUT2D eigenvalue weighted by molar-refractivity contribution is -0.203. The Balaban J connectivity index is 0.000000283. The quantitative estimate of drug-likeness (QED) is 0.0628. The van der Waals surface area contributed by atoms with E-state index in [0.29, 0.717) is 17.2 Å². The number of hydrogen-bond donors (Lipinski definition) is 4. The van der Waals surface area contributed by atoms with Gasteiger partial charge in [-0.1, -0.05) is 18.2 Å². The van der Waals surface area contributed by atoms with Gasteiger partial charge >= 0.3 is 29.8 Å². The topological polar surface area (TPSA) is 172 Å². The predicted molar refractivity (Wildman–Crippen MR) is 179 cm³/mol. The van der Waals surface area contributed by atoms with Crippen LogP contribution in [0.1, 0.15) is 36.0 Å². The number of benzene rings is 3. The summed E-state index contributed by atoms with van der Waals surface area (Å²) < 4.78 is 94.6. The molecule has 1 amide bonds. The Morgan fingerprint density at radius 3 is 1.94 bits per heavy atom. The van der Waals surface area contributed by atoms with Crippen LogP contribution in [0, 0.1) is 0 Å². The van der Waals surface area contributed by atoms with Crippen molar-refractivity contribution in [2.24, 2.45) is 4.99 Å². The number of allylic oxidation sites excluding steroid dienone is 1. The van der Waals surface area contributed by atoms with E-state index in [4.69, 9.17) is 24.8 Å². The molecule has 0 aliphatic rings. The number of carbonyl (C=O) groups is 4. The van der Waals surface area contributed by atoms with E-state index in [1.807, 2.05) is 17.5 Å². The highest BCUT2D eigenvalue weighted by Gasteiger charge is 2.61. The lowest BCUT2D eigenvalue weighted by Crippen LogP contribution is -2.43. The van der Waals surface area contributed by atoms with Crippen LogP contribution in [0.15, 0.2) is 101 Å². The summed E-state index contributed by atoms with van der Waals surface area (Å²) in [5.74, 6) is -22.4. The third-order valence-electron chi connectivity index (χ3n) is 6.34. The van der Waals surface area contributed by atoms with Crippen LogP contribution in [0.4, 0.5) is 42.1 Å². The van der Waals surface area contributed by atoms with E-state index >= 15 is 0 Å². The van der Waals surface area contributed by atoms with E-state index in [1.54, 1.807) is 72.1 Å². The smallest absolute Gasteiger partial charge is 0.367 e. The fourth-order valence-corrected chi connectivity index (χ4v) is 4.21. The third kappa shape index (κ3) is 11.9. The molecule has 1 aromatic heterocycles. The molecule has 1 heterocycles. The minimum absolute atomic E-state index is 0.0625. The normalized spacial score (nSPS) is 11.6. The van der Waals surface area contributed by atoms with Crippen LogP contribution in [0.2, 0.25) is 0 Å². The zero-order chi connectivity index (χ0) is 39.9. The Kier molecular flexibility index (Phi) is 15.7. The second kappa shape index (κ2) is 19.4. The molecule has 282 valence electrons. The minimum atomic E-state index is -5.84.